The molecular formula is C18H25N3O5S2. The Labute approximate surface area is 169 Å². The normalized spacial score (nSPS) is 20.6. The van der Waals surface area contributed by atoms with Crippen molar-refractivity contribution < 1.29 is 22.7 Å². The second-order valence-electron chi connectivity index (χ2n) is 6.81. The largest absolute Gasteiger partial charge is 0.385 e. The molecule has 1 fully saturated rings. The number of methoxy groups -OCH3 is 1. The van der Waals surface area contributed by atoms with E-state index in [1.807, 2.05) is 13.0 Å². The zero-order valence-electron chi connectivity index (χ0n) is 16.0. The molecule has 2 aliphatic heterocycles. The lowest BCUT2D eigenvalue weighted by Crippen LogP contribution is -2.51. The molecule has 0 radical (unpaired) electrons. The molecule has 1 saturated heterocycles. The number of hydrogen-bond acceptors (Lipinski definition) is 6. The summed E-state index contributed by atoms with van der Waals surface area (Å²) in [5, 5.41) is 2.67. The lowest BCUT2D eigenvalue weighted by atomic mass is 10.1. The number of anilines is 1. The summed E-state index contributed by atoms with van der Waals surface area (Å²) in [6.07, 6.45) is 0.454. The number of rotatable bonds is 6. The summed E-state index contributed by atoms with van der Waals surface area (Å²) in [5.74, 6) is -0.179. The van der Waals surface area contributed by atoms with Crippen LogP contribution >= 0.6 is 11.8 Å². The Morgan fingerprint density at radius 3 is 2.68 bits per heavy atom. The van der Waals surface area contributed by atoms with E-state index in [0.29, 0.717) is 37.4 Å². The molecule has 1 atom stereocenters. The Balaban J connectivity index is 1.61. The fourth-order valence-corrected chi connectivity index (χ4v) is 5.60. The lowest BCUT2D eigenvalue weighted by Gasteiger charge is -2.34. The minimum atomic E-state index is -3.33. The van der Waals surface area contributed by atoms with Crippen molar-refractivity contribution in [3.05, 3.63) is 23.8 Å². The van der Waals surface area contributed by atoms with Gasteiger partial charge in [-0.1, -0.05) is 0 Å². The third kappa shape index (κ3) is 4.68. The summed E-state index contributed by atoms with van der Waals surface area (Å²) in [4.78, 5) is 27.3. The van der Waals surface area contributed by atoms with Gasteiger partial charge < -0.3 is 15.0 Å². The van der Waals surface area contributed by atoms with E-state index in [-0.39, 0.29) is 35.9 Å². The fourth-order valence-electron chi connectivity index (χ4n) is 3.21. The summed E-state index contributed by atoms with van der Waals surface area (Å²) in [7, 11) is -1.78. The van der Waals surface area contributed by atoms with Crippen LogP contribution in [0.1, 0.15) is 23.7 Å². The monoisotopic (exact) mass is 427 g/mol. The van der Waals surface area contributed by atoms with Crippen molar-refractivity contribution in [2.24, 2.45) is 0 Å². The summed E-state index contributed by atoms with van der Waals surface area (Å²) >= 11 is 1.47. The number of fused-ring (bicyclic) bond motifs is 1. The van der Waals surface area contributed by atoms with Gasteiger partial charge in [-0.15, -0.1) is 11.8 Å². The average Bonchev–Trinajstić information content (AvgIpc) is 2.68. The van der Waals surface area contributed by atoms with Crippen LogP contribution in [0, 0.1) is 0 Å². The van der Waals surface area contributed by atoms with E-state index >= 15 is 0 Å². The molecule has 8 nitrogen and oxygen atoms in total. The molecule has 1 aromatic rings. The van der Waals surface area contributed by atoms with Gasteiger partial charge in [-0.2, -0.15) is 4.31 Å². The van der Waals surface area contributed by atoms with Gasteiger partial charge in [0.15, 0.2) is 0 Å². The van der Waals surface area contributed by atoms with Crippen LogP contribution in [-0.4, -0.2) is 80.3 Å². The van der Waals surface area contributed by atoms with E-state index in [1.54, 1.807) is 24.1 Å². The number of sulfonamides is 1. The number of benzene rings is 1. The molecule has 1 aromatic carbocycles. The first-order valence-electron chi connectivity index (χ1n) is 9.19. The number of nitrogens with zero attached hydrogens (tertiary/aromatic N) is 2. The first-order valence-corrected chi connectivity index (χ1v) is 11.7. The zero-order chi connectivity index (χ0) is 20.3. The maximum absolute atomic E-state index is 12.8. The molecule has 0 spiro atoms. The van der Waals surface area contributed by atoms with Crippen molar-refractivity contribution in [2.75, 3.05) is 51.0 Å². The standard InChI is InChI=1S/C18H25N3O5S2/c1-13-17(22)19-15-12-14(4-5-16(15)27-13)18(23)20-6-8-21(9-7-20)28(24,25)11-3-10-26-2/h4-5,12-13H,3,6-11H2,1-2H3,(H,19,22). The fraction of sp³-hybridized carbons (Fsp3) is 0.556. The molecule has 0 saturated carbocycles. The first kappa shape index (κ1) is 21.1. The molecule has 0 bridgehead atoms. The van der Waals surface area contributed by atoms with Gasteiger partial charge in [-0.05, 0) is 31.5 Å². The molecule has 0 aromatic heterocycles. The number of carbonyl (C=O) groups excluding carboxylic acids is 2. The number of ether oxygens (including phenoxy) is 1. The molecule has 2 aliphatic rings. The summed E-state index contributed by atoms with van der Waals surface area (Å²) < 4.78 is 31.1. The van der Waals surface area contributed by atoms with Crippen LogP contribution in [0.2, 0.25) is 0 Å². The van der Waals surface area contributed by atoms with Gasteiger partial charge in [0.05, 0.1) is 16.7 Å². The van der Waals surface area contributed by atoms with Gasteiger partial charge in [0.1, 0.15) is 0 Å². The van der Waals surface area contributed by atoms with Crippen LogP contribution in [0.25, 0.3) is 0 Å². The number of thioether (sulfide) groups is 1. The molecule has 10 heteroatoms. The predicted octanol–water partition coefficient (Wildman–Crippen LogP) is 1.24. The second-order valence-corrected chi connectivity index (χ2v) is 10.3. The third-order valence-corrected chi connectivity index (χ3v) is 7.96. The van der Waals surface area contributed by atoms with E-state index in [9.17, 15) is 18.0 Å². The van der Waals surface area contributed by atoms with Crippen LogP contribution in [-0.2, 0) is 19.6 Å². The van der Waals surface area contributed by atoms with Crippen LogP contribution in [0.3, 0.4) is 0 Å². The number of piperazine rings is 1. The Hall–Kier alpha value is -1.62. The van der Waals surface area contributed by atoms with Gasteiger partial charge in [-0.3, -0.25) is 9.59 Å². The molecule has 28 heavy (non-hydrogen) atoms. The third-order valence-electron chi connectivity index (χ3n) is 4.83. The molecule has 2 heterocycles. The quantitative estimate of drug-likeness (QED) is 0.687. The van der Waals surface area contributed by atoms with Crippen molar-refractivity contribution >= 4 is 39.3 Å². The average molecular weight is 428 g/mol. The molecule has 1 N–H and O–H groups in total. The van der Waals surface area contributed by atoms with Crippen LogP contribution in [0.4, 0.5) is 5.69 Å². The summed E-state index contributed by atoms with van der Waals surface area (Å²) in [5.41, 5.74) is 1.14. The van der Waals surface area contributed by atoms with Crippen molar-refractivity contribution in [1.82, 2.24) is 9.21 Å². The molecule has 3 rings (SSSR count). The maximum atomic E-state index is 12.8. The van der Waals surface area contributed by atoms with Crippen LogP contribution in [0.5, 0.6) is 0 Å². The molecule has 154 valence electrons. The number of nitrogens with one attached hydrogen (secondary N) is 1. The van der Waals surface area contributed by atoms with Gasteiger partial charge >= 0.3 is 0 Å². The van der Waals surface area contributed by atoms with E-state index in [1.165, 1.54) is 16.1 Å². The zero-order valence-corrected chi connectivity index (χ0v) is 17.6. The lowest BCUT2D eigenvalue weighted by molar-refractivity contribution is -0.115. The topological polar surface area (TPSA) is 96.0 Å². The molecule has 1 unspecified atom stereocenters. The van der Waals surface area contributed by atoms with Crippen molar-refractivity contribution in [2.45, 2.75) is 23.5 Å². The highest BCUT2D eigenvalue weighted by atomic mass is 32.2. The Morgan fingerprint density at radius 2 is 2.00 bits per heavy atom. The molecule has 0 aliphatic carbocycles. The van der Waals surface area contributed by atoms with Crippen molar-refractivity contribution in [3.63, 3.8) is 0 Å². The highest BCUT2D eigenvalue weighted by Gasteiger charge is 2.30. The highest BCUT2D eigenvalue weighted by Crippen LogP contribution is 2.36. The smallest absolute Gasteiger partial charge is 0.254 e. The Kier molecular flexibility index (Phi) is 6.64. The molecule has 2 amide bonds. The van der Waals surface area contributed by atoms with Crippen LogP contribution < -0.4 is 5.32 Å². The van der Waals surface area contributed by atoms with Gasteiger partial charge in [0.2, 0.25) is 15.9 Å². The maximum Gasteiger partial charge on any atom is 0.254 e. The SMILES string of the molecule is COCCCS(=O)(=O)N1CCN(C(=O)c2ccc3c(c2)NC(=O)C(C)S3)CC1. The molecular weight excluding hydrogens is 402 g/mol. The van der Waals surface area contributed by atoms with Gasteiger partial charge in [0, 0.05) is 50.4 Å². The van der Waals surface area contributed by atoms with Gasteiger partial charge in [0.25, 0.3) is 5.91 Å². The van der Waals surface area contributed by atoms with E-state index in [2.05, 4.69) is 5.32 Å². The first-order chi connectivity index (χ1) is 13.3. The second kappa shape index (κ2) is 8.81. The Bertz CT molecular complexity index is 851. The Morgan fingerprint density at radius 1 is 1.29 bits per heavy atom. The van der Waals surface area contributed by atoms with Crippen molar-refractivity contribution in [3.8, 4) is 0 Å². The van der Waals surface area contributed by atoms with E-state index in [0.717, 1.165) is 4.90 Å². The van der Waals surface area contributed by atoms with E-state index in [4.69, 9.17) is 4.74 Å². The van der Waals surface area contributed by atoms with E-state index < -0.39 is 10.0 Å². The minimum absolute atomic E-state index is 0.0510. The number of hydrogen-bond donors (Lipinski definition) is 1. The van der Waals surface area contributed by atoms with Gasteiger partial charge in [-0.25, -0.2) is 8.42 Å². The number of carbonyl (C=O) groups is 2. The summed E-state index contributed by atoms with van der Waals surface area (Å²) in [6, 6.07) is 5.30. The minimum Gasteiger partial charge on any atom is -0.385 e. The predicted molar refractivity (Wildman–Crippen MR) is 108 cm³/mol. The number of amides is 2. The van der Waals surface area contributed by atoms with Crippen molar-refractivity contribution in [1.29, 1.82) is 0 Å². The van der Waals surface area contributed by atoms with Crippen LogP contribution in [0.15, 0.2) is 23.1 Å². The summed E-state index contributed by atoms with van der Waals surface area (Å²) in [6.45, 7) is 3.51. The highest BCUT2D eigenvalue weighted by molar-refractivity contribution is 8.01.